The van der Waals surface area contributed by atoms with Gasteiger partial charge < -0.3 is 9.72 Å². The van der Waals surface area contributed by atoms with Crippen LogP contribution in [0, 0.1) is 0 Å². The number of aromatic nitrogens is 2. The number of fused-ring (bicyclic) bond motifs is 1. The lowest BCUT2D eigenvalue weighted by atomic mass is 10.3. The molecule has 0 saturated carbocycles. The summed E-state index contributed by atoms with van der Waals surface area (Å²) in [6, 6.07) is 5.96. The average Bonchev–Trinajstić information content (AvgIpc) is 2.98. The maximum absolute atomic E-state index is 12.5. The molecule has 2 heterocycles. The summed E-state index contributed by atoms with van der Waals surface area (Å²) >= 11 is 7.12. The van der Waals surface area contributed by atoms with Crippen molar-refractivity contribution in [3.8, 4) is 5.75 Å². The van der Waals surface area contributed by atoms with Gasteiger partial charge in [-0.3, -0.25) is 4.79 Å². The Balaban J connectivity index is 1.88. The molecule has 3 aromatic rings. The monoisotopic (exact) mass is 385 g/mol. The zero-order chi connectivity index (χ0) is 17.3. The van der Waals surface area contributed by atoms with Crippen LogP contribution in [0.4, 0.5) is 0 Å². The van der Waals surface area contributed by atoms with Gasteiger partial charge in [0, 0.05) is 16.4 Å². The van der Waals surface area contributed by atoms with Crippen LogP contribution in [0.2, 0.25) is 5.02 Å². The first-order valence-corrected chi connectivity index (χ1v) is 9.38. The van der Waals surface area contributed by atoms with Gasteiger partial charge in [-0.1, -0.05) is 11.6 Å². The maximum Gasteiger partial charge on any atom is 0.259 e. The number of halogens is 1. The van der Waals surface area contributed by atoms with Crippen molar-refractivity contribution in [3.05, 3.63) is 50.8 Å². The highest BCUT2D eigenvalue weighted by molar-refractivity contribution is 7.89. The lowest BCUT2D eigenvalue weighted by Gasteiger charge is -2.10. The van der Waals surface area contributed by atoms with E-state index in [1.54, 1.807) is 12.1 Å². The van der Waals surface area contributed by atoms with Gasteiger partial charge in [-0.15, -0.1) is 11.3 Å². The Morgan fingerprint density at radius 3 is 2.88 bits per heavy atom. The molecule has 0 amide bonds. The molecule has 0 aliphatic heterocycles. The van der Waals surface area contributed by atoms with Crippen LogP contribution in [-0.4, -0.2) is 25.5 Å². The molecule has 2 aromatic heterocycles. The number of nitrogens with zero attached hydrogens (tertiary/aromatic N) is 1. The van der Waals surface area contributed by atoms with Gasteiger partial charge in [-0.25, -0.2) is 18.1 Å². The fraction of sp³-hybridized carbons (Fsp3) is 0.143. The first kappa shape index (κ1) is 16.9. The minimum Gasteiger partial charge on any atom is -0.495 e. The van der Waals surface area contributed by atoms with Crippen molar-refractivity contribution in [2.45, 2.75) is 11.4 Å². The predicted octanol–water partition coefficient (Wildman–Crippen LogP) is 2.13. The molecular formula is C14H12ClN3O4S2. The van der Waals surface area contributed by atoms with Crippen LogP contribution in [0.3, 0.4) is 0 Å². The lowest BCUT2D eigenvalue weighted by molar-refractivity contribution is 0.402. The number of hydrogen-bond donors (Lipinski definition) is 2. The van der Waals surface area contributed by atoms with Crippen molar-refractivity contribution in [3.63, 3.8) is 0 Å². The third-order valence-corrected chi connectivity index (χ3v) is 5.94. The van der Waals surface area contributed by atoms with Crippen LogP contribution in [-0.2, 0) is 16.6 Å². The summed E-state index contributed by atoms with van der Waals surface area (Å²) in [5.74, 6) is 0.196. The van der Waals surface area contributed by atoms with E-state index in [0.29, 0.717) is 15.1 Å². The summed E-state index contributed by atoms with van der Waals surface area (Å²) in [6.45, 7) is 0.0263. The third-order valence-electron chi connectivity index (χ3n) is 3.24. The van der Waals surface area contributed by atoms with Gasteiger partial charge in [0.2, 0.25) is 10.0 Å². The topological polar surface area (TPSA) is 101 Å². The number of rotatable bonds is 5. The van der Waals surface area contributed by atoms with E-state index < -0.39 is 10.0 Å². The largest absolute Gasteiger partial charge is 0.495 e. The lowest BCUT2D eigenvalue weighted by Crippen LogP contribution is -2.23. The SMILES string of the molecule is COc1ccc(Cl)cc1S(=O)(=O)NCc1cc2c(=O)[nH]cnc2s1. The molecule has 0 aliphatic carbocycles. The highest BCUT2D eigenvalue weighted by Gasteiger charge is 2.20. The van der Waals surface area contributed by atoms with E-state index in [4.69, 9.17) is 16.3 Å². The van der Waals surface area contributed by atoms with Crippen LogP contribution >= 0.6 is 22.9 Å². The van der Waals surface area contributed by atoms with Crippen molar-refractivity contribution in [1.82, 2.24) is 14.7 Å². The Morgan fingerprint density at radius 1 is 1.38 bits per heavy atom. The fourth-order valence-corrected chi connectivity index (χ4v) is 4.57. The summed E-state index contributed by atoms with van der Waals surface area (Å²) in [7, 11) is -2.45. The zero-order valence-corrected chi connectivity index (χ0v) is 14.8. The predicted molar refractivity (Wildman–Crippen MR) is 92.3 cm³/mol. The van der Waals surface area contributed by atoms with Gasteiger partial charge in [0.05, 0.1) is 18.8 Å². The van der Waals surface area contributed by atoms with Crippen LogP contribution in [0.15, 0.2) is 40.3 Å². The molecule has 0 unspecified atom stereocenters. The van der Waals surface area contributed by atoms with Crippen LogP contribution in [0.5, 0.6) is 5.75 Å². The highest BCUT2D eigenvalue weighted by Crippen LogP contribution is 2.27. The van der Waals surface area contributed by atoms with E-state index in [0.717, 1.165) is 0 Å². The molecule has 2 N–H and O–H groups in total. The van der Waals surface area contributed by atoms with Crippen LogP contribution in [0.25, 0.3) is 10.2 Å². The van der Waals surface area contributed by atoms with Gasteiger partial charge in [0.15, 0.2) is 0 Å². The first-order valence-electron chi connectivity index (χ1n) is 6.70. The number of hydrogen-bond acceptors (Lipinski definition) is 6. The average molecular weight is 386 g/mol. The van der Waals surface area contributed by atoms with E-state index in [-0.39, 0.29) is 27.8 Å². The minimum absolute atomic E-state index is 0.0263. The molecule has 0 spiro atoms. The zero-order valence-electron chi connectivity index (χ0n) is 12.4. The van der Waals surface area contributed by atoms with Crippen molar-refractivity contribution in [2.24, 2.45) is 0 Å². The number of aromatic amines is 1. The number of ether oxygens (including phenoxy) is 1. The Morgan fingerprint density at radius 2 is 2.17 bits per heavy atom. The first-order chi connectivity index (χ1) is 11.4. The van der Waals surface area contributed by atoms with E-state index >= 15 is 0 Å². The molecule has 10 heteroatoms. The van der Waals surface area contributed by atoms with Gasteiger partial charge in [0.25, 0.3) is 5.56 Å². The normalized spacial score (nSPS) is 11.8. The molecule has 0 radical (unpaired) electrons. The summed E-state index contributed by atoms with van der Waals surface area (Å²) in [6.07, 6.45) is 1.31. The number of methoxy groups -OCH3 is 1. The molecule has 0 fully saturated rings. The van der Waals surface area contributed by atoms with E-state index in [2.05, 4.69) is 14.7 Å². The van der Waals surface area contributed by atoms with E-state index in [1.165, 1.54) is 36.9 Å². The number of sulfonamides is 1. The molecule has 0 aliphatic rings. The molecule has 24 heavy (non-hydrogen) atoms. The van der Waals surface area contributed by atoms with E-state index in [1.807, 2.05) is 0 Å². The molecule has 0 saturated heterocycles. The minimum atomic E-state index is -3.83. The van der Waals surface area contributed by atoms with Gasteiger partial charge >= 0.3 is 0 Å². The number of benzene rings is 1. The molecule has 3 rings (SSSR count). The van der Waals surface area contributed by atoms with Gasteiger partial charge in [-0.2, -0.15) is 0 Å². The summed E-state index contributed by atoms with van der Waals surface area (Å²) in [4.78, 5) is 19.4. The smallest absolute Gasteiger partial charge is 0.259 e. The van der Waals surface area contributed by atoms with Crippen molar-refractivity contribution < 1.29 is 13.2 Å². The highest BCUT2D eigenvalue weighted by atomic mass is 35.5. The van der Waals surface area contributed by atoms with Crippen LogP contribution in [0.1, 0.15) is 4.88 Å². The maximum atomic E-state index is 12.5. The standard InChI is InChI=1S/C14H12ClN3O4S2/c1-22-11-3-2-8(15)4-12(11)24(20,21)18-6-9-5-10-13(19)16-7-17-14(10)23-9/h2-5,7,18H,6H2,1H3,(H,16,17,19). The third kappa shape index (κ3) is 3.29. The van der Waals surface area contributed by atoms with Gasteiger partial charge in [-0.05, 0) is 24.3 Å². The molecule has 1 aromatic carbocycles. The Labute approximate surface area is 146 Å². The van der Waals surface area contributed by atoms with Crippen molar-refractivity contribution in [2.75, 3.05) is 7.11 Å². The molecule has 126 valence electrons. The van der Waals surface area contributed by atoms with Crippen LogP contribution < -0.4 is 15.0 Å². The number of H-pyrrole nitrogens is 1. The van der Waals surface area contributed by atoms with Gasteiger partial charge in [0.1, 0.15) is 15.5 Å². The summed E-state index contributed by atoms with van der Waals surface area (Å²) < 4.78 is 32.5. The van der Waals surface area contributed by atoms with Crippen molar-refractivity contribution >= 4 is 43.2 Å². The van der Waals surface area contributed by atoms with Crippen molar-refractivity contribution in [1.29, 1.82) is 0 Å². The Bertz CT molecular complexity index is 1060. The Hall–Kier alpha value is -1.94. The number of nitrogens with one attached hydrogen (secondary N) is 2. The van der Waals surface area contributed by atoms with E-state index in [9.17, 15) is 13.2 Å². The molecule has 0 atom stereocenters. The Kier molecular flexibility index (Phi) is 4.59. The second-order valence-corrected chi connectivity index (χ2v) is 8.07. The second-order valence-electron chi connectivity index (χ2n) is 4.78. The molecule has 0 bridgehead atoms. The molecular weight excluding hydrogens is 374 g/mol. The summed E-state index contributed by atoms with van der Waals surface area (Å²) in [5.41, 5.74) is -0.262. The second kappa shape index (κ2) is 6.52. The fourth-order valence-electron chi connectivity index (χ4n) is 2.11. The summed E-state index contributed by atoms with van der Waals surface area (Å²) in [5, 5.41) is 0.714. The quantitative estimate of drug-likeness (QED) is 0.700. The molecule has 7 nitrogen and oxygen atoms in total. The number of thiophene rings is 1.